The van der Waals surface area contributed by atoms with Gasteiger partial charge in [0.25, 0.3) is 0 Å². The SMILES string of the molecule is CC(=O)N1CCN(c2cc3c(cc2Nc2nnc(-c4ccc(F)cc4)s2)nc(-c2ccc(F)cc2)n3C2CC2)CC1. The van der Waals surface area contributed by atoms with E-state index in [0.29, 0.717) is 42.4 Å². The molecule has 0 bridgehead atoms. The molecule has 2 fully saturated rings. The van der Waals surface area contributed by atoms with E-state index >= 15 is 0 Å². The highest BCUT2D eigenvalue weighted by molar-refractivity contribution is 7.18. The minimum Gasteiger partial charge on any atom is -0.366 e. The molecule has 1 aliphatic heterocycles. The molecule has 7 rings (SSSR count). The molecule has 2 aromatic heterocycles. The second-order valence-corrected chi connectivity index (χ2v) is 11.4. The average Bonchev–Trinajstić information content (AvgIpc) is 3.59. The Morgan fingerprint density at radius 2 is 1.56 bits per heavy atom. The summed E-state index contributed by atoms with van der Waals surface area (Å²) in [6.07, 6.45) is 2.15. The van der Waals surface area contributed by atoms with Crippen molar-refractivity contribution < 1.29 is 13.6 Å². The van der Waals surface area contributed by atoms with Crippen LogP contribution in [0.15, 0.2) is 60.7 Å². The van der Waals surface area contributed by atoms with E-state index in [2.05, 4.69) is 31.0 Å². The number of benzene rings is 3. The number of carbonyl (C=O) groups is 1. The predicted octanol–water partition coefficient (Wildman–Crippen LogP) is 6.25. The smallest absolute Gasteiger partial charge is 0.219 e. The van der Waals surface area contributed by atoms with Crippen LogP contribution in [0.25, 0.3) is 33.0 Å². The maximum atomic E-state index is 13.7. The molecule has 8 nitrogen and oxygen atoms in total. The molecule has 1 amide bonds. The van der Waals surface area contributed by atoms with Crippen molar-refractivity contribution in [2.24, 2.45) is 0 Å². The first-order valence-electron chi connectivity index (χ1n) is 13.6. The van der Waals surface area contributed by atoms with Crippen molar-refractivity contribution in [2.75, 3.05) is 36.4 Å². The summed E-state index contributed by atoms with van der Waals surface area (Å²) in [5.41, 5.74) is 5.33. The fourth-order valence-corrected chi connectivity index (χ4v) is 6.12. The first kappa shape index (κ1) is 25.6. The molecule has 3 aromatic carbocycles. The normalized spacial score (nSPS) is 15.5. The second kappa shape index (κ2) is 10.2. The summed E-state index contributed by atoms with van der Waals surface area (Å²) in [5.74, 6) is 0.321. The summed E-state index contributed by atoms with van der Waals surface area (Å²) < 4.78 is 29.4. The van der Waals surface area contributed by atoms with Crippen molar-refractivity contribution in [3.63, 3.8) is 0 Å². The van der Waals surface area contributed by atoms with Gasteiger partial charge in [0, 0.05) is 50.3 Å². The van der Waals surface area contributed by atoms with E-state index in [1.165, 1.54) is 35.6 Å². The number of aromatic nitrogens is 4. The number of nitrogens with zero attached hydrogens (tertiary/aromatic N) is 6. The van der Waals surface area contributed by atoms with E-state index < -0.39 is 0 Å². The van der Waals surface area contributed by atoms with Gasteiger partial charge in [0.05, 0.1) is 22.4 Å². The molecule has 11 heteroatoms. The highest BCUT2D eigenvalue weighted by atomic mass is 32.1. The van der Waals surface area contributed by atoms with Gasteiger partial charge < -0.3 is 19.7 Å². The van der Waals surface area contributed by atoms with Crippen LogP contribution in [0.2, 0.25) is 0 Å². The second-order valence-electron chi connectivity index (χ2n) is 10.4. The number of hydrogen-bond donors (Lipinski definition) is 1. The fraction of sp³-hybridized carbons (Fsp3) is 0.267. The third-order valence-electron chi connectivity index (χ3n) is 7.64. The molecule has 1 saturated carbocycles. The van der Waals surface area contributed by atoms with E-state index in [4.69, 9.17) is 4.98 Å². The number of anilines is 3. The number of imidazole rings is 1. The van der Waals surface area contributed by atoms with Crippen LogP contribution in [0, 0.1) is 11.6 Å². The van der Waals surface area contributed by atoms with E-state index in [0.717, 1.165) is 52.2 Å². The average molecular weight is 572 g/mol. The quantitative estimate of drug-likeness (QED) is 0.260. The summed E-state index contributed by atoms with van der Waals surface area (Å²) in [5, 5.41) is 13.4. The van der Waals surface area contributed by atoms with Crippen molar-refractivity contribution in [3.8, 4) is 22.0 Å². The molecule has 5 aromatic rings. The molecule has 0 radical (unpaired) electrons. The number of rotatable bonds is 6. The maximum absolute atomic E-state index is 13.7. The highest BCUT2D eigenvalue weighted by Crippen LogP contribution is 2.44. The monoisotopic (exact) mass is 571 g/mol. The van der Waals surface area contributed by atoms with Gasteiger partial charge in [-0.2, -0.15) is 0 Å². The molecule has 1 saturated heterocycles. The van der Waals surface area contributed by atoms with E-state index in [1.54, 1.807) is 31.2 Å². The van der Waals surface area contributed by atoms with Crippen molar-refractivity contribution >= 4 is 44.8 Å². The van der Waals surface area contributed by atoms with Gasteiger partial charge in [0.1, 0.15) is 22.5 Å². The minimum atomic E-state index is -0.301. The first-order chi connectivity index (χ1) is 19.9. The molecule has 0 spiro atoms. The van der Waals surface area contributed by atoms with Gasteiger partial charge in [-0.15, -0.1) is 10.2 Å². The van der Waals surface area contributed by atoms with Crippen LogP contribution in [0.3, 0.4) is 0 Å². The Labute approximate surface area is 239 Å². The Morgan fingerprint density at radius 3 is 2.20 bits per heavy atom. The third-order valence-corrected chi connectivity index (χ3v) is 8.53. The molecular weight excluding hydrogens is 544 g/mol. The Kier molecular flexibility index (Phi) is 6.38. The summed E-state index contributed by atoms with van der Waals surface area (Å²) in [6.45, 7) is 4.28. The number of carbonyl (C=O) groups excluding carboxylic acids is 1. The van der Waals surface area contributed by atoms with Crippen LogP contribution in [-0.4, -0.2) is 56.7 Å². The van der Waals surface area contributed by atoms with Crippen molar-refractivity contribution in [2.45, 2.75) is 25.8 Å². The number of fused-ring (bicyclic) bond motifs is 1. The Balaban J connectivity index is 1.30. The third kappa shape index (κ3) is 5.01. The lowest BCUT2D eigenvalue weighted by atomic mass is 10.2. The summed E-state index contributed by atoms with van der Waals surface area (Å²) in [6, 6.07) is 17.2. The van der Waals surface area contributed by atoms with Crippen molar-refractivity contribution in [3.05, 3.63) is 72.3 Å². The van der Waals surface area contributed by atoms with Crippen LogP contribution in [0.4, 0.5) is 25.3 Å². The molecular formula is C30H27F2N7OS. The number of piperazine rings is 1. The van der Waals surface area contributed by atoms with E-state index in [9.17, 15) is 13.6 Å². The molecule has 208 valence electrons. The van der Waals surface area contributed by atoms with Gasteiger partial charge in [-0.1, -0.05) is 11.3 Å². The molecule has 1 aliphatic carbocycles. The first-order valence-corrected chi connectivity index (χ1v) is 14.4. The highest BCUT2D eigenvalue weighted by Gasteiger charge is 2.30. The van der Waals surface area contributed by atoms with Crippen LogP contribution < -0.4 is 10.2 Å². The largest absolute Gasteiger partial charge is 0.366 e. The van der Waals surface area contributed by atoms with E-state index in [-0.39, 0.29) is 17.5 Å². The van der Waals surface area contributed by atoms with E-state index in [1.807, 2.05) is 11.0 Å². The van der Waals surface area contributed by atoms with Crippen LogP contribution in [0.1, 0.15) is 25.8 Å². The zero-order valence-corrected chi connectivity index (χ0v) is 23.2. The standard InChI is InChI=1S/C30H27F2N7OS/c1-18(40)37-12-14-38(15-13-37)26-17-27-25(33-28(39(27)23-10-11-23)19-2-6-21(31)7-3-19)16-24(26)34-30-36-35-29(41-30)20-4-8-22(32)9-5-20/h2-9,16-17,23H,10-15H2,1H3,(H,34,36). The predicted molar refractivity (Wildman–Crippen MR) is 156 cm³/mol. The Bertz CT molecular complexity index is 1740. The summed E-state index contributed by atoms with van der Waals surface area (Å²) >= 11 is 1.38. The number of nitrogens with one attached hydrogen (secondary N) is 1. The van der Waals surface area contributed by atoms with Gasteiger partial charge in [-0.25, -0.2) is 13.8 Å². The van der Waals surface area contributed by atoms with Crippen molar-refractivity contribution in [1.82, 2.24) is 24.6 Å². The lowest BCUT2D eigenvalue weighted by Crippen LogP contribution is -2.48. The summed E-state index contributed by atoms with van der Waals surface area (Å²) in [4.78, 5) is 21.1. The van der Waals surface area contributed by atoms with Crippen LogP contribution in [0.5, 0.6) is 0 Å². The lowest BCUT2D eigenvalue weighted by Gasteiger charge is -2.36. The maximum Gasteiger partial charge on any atom is 0.219 e. The molecule has 41 heavy (non-hydrogen) atoms. The van der Waals surface area contributed by atoms with Crippen molar-refractivity contribution in [1.29, 1.82) is 0 Å². The Hall–Kier alpha value is -4.38. The lowest BCUT2D eigenvalue weighted by molar-refractivity contribution is -0.129. The summed E-state index contributed by atoms with van der Waals surface area (Å²) in [7, 11) is 0. The zero-order valence-electron chi connectivity index (χ0n) is 22.3. The van der Waals surface area contributed by atoms with Gasteiger partial charge >= 0.3 is 0 Å². The van der Waals surface area contributed by atoms with Crippen LogP contribution >= 0.6 is 11.3 Å². The zero-order chi connectivity index (χ0) is 28.1. The number of amides is 1. The Morgan fingerprint density at radius 1 is 0.902 bits per heavy atom. The molecule has 0 unspecified atom stereocenters. The molecule has 1 N–H and O–H groups in total. The molecule has 0 atom stereocenters. The fourth-order valence-electron chi connectivity index (χ4n) is 5.36. The minimum absolute atomic E-state index is 0.0800. The van der Waals surface area contributed by atoms with Gasteiger partial charge in [0.15, 0.2) is 0 Å². The molecule has 2 aliphatic rings. The van der Waals surface area contributed by atoms with Gasteiger partial charge in [0.2, 0.25) is 11.0 Å². The molecule has 3 heterocycles. The topological polar surface area (TPSA) is 79.2 Å². The van der Waals surface area contributed by atoms with Gasteiger partial charge in [-0.05, 0) is 73.5 Å². The number of halogens is 2. The van der Waals surface area contributed by atoms with Gasteiger partial charge in [-0.3, -0.25) is 4.79 Å². The van der Waals surface area contributed by atoms with Crippen LogP contribution in [-0.2, 0) is 4.79 Å². The number of hydrogen-bond acceptors (Lipinski definition) is 7.